The molecule has 4 nitrogen and oxygen atoms in total. The number of morpholine rings is 1. The van der Waals surface area contributed by atoms with Crippen LogP contribution in [0.5, 0.6) is 0 Å². The molecule has 3 aliphatic rings. The summed E-state index contributed by atoms with van der Waals surface area (Å²) in [6.45, 7) is 5.06. The molecule has 0 aromatic rings. The monoisotopic (exact) mass is 224 g/mol. The molecule has 0 spiro atoms. The second kappa shape index (κ2) is 4.02. The summed E-state index contributed by atoms with van der Waals surface area (Å²) in [4.78, 5) is 7.43. The molecule has 1 saturated heterocycles. The fourth-order valence-electron chi connectivity index (χ4n) is 3.18. The lowest BCUT2D eigenvalue weighted by Crippen LogP contribution is -2.40. The van der Waals surface area contributed by atoms with Crippen molar-refractivity contribution >= 4 is 0 Å². The fraction of sp³-hybridized carbons (Fsp3) is 0.833. The van der Waals surface area contributed by atoms with E-state index >= 15 is 0 Å². The van der Waals surface area contributed by atoms with Crippen LogP contribution in [0.1, 0.15) is 19.3 Å². The Morgan fingerprint density at radius 1 is 1.50 bits per heavy atom. The smallest absolute Gasteiger partial charge is 0.120 e. The zero-order valence-corrected chi connectivity index (χ0v) is 9.65. The van der Waals surface area contributed by atoms with Crippen LogP contribution in [0.15, 0.2) is 11.8 Å². The van der Waals surface area contributed by atoms with Gasteiger partial charge in [0.25, 0.3) is 0 Å². The highest BCUT2D eigenvalue weighted by Crippen LogP contribution is 2.60. The van der Waals surface area contributed by atoms with E-state index in [1.807, 2.05) is 0 Å². The van der Waals surface area contributed by atoms with E-state index < -0.39 is 0 Å². The Balaban J connectivity index is 1.65. The number of allylic oxidation sites excluding steroid dienone is 1. The van der Waals surface area contributed by atoms with Gasteiger partial charge in [-0.25, -0.2) is 0 Å². The number of nitrogens with zero attached hydrogens (tertiary/aromatic N) is 1. The third-order valence-corrected chi connectivity index (χ3v) is 4.24. The van der Waals surface area contributed by atoms with Gasteiger partial charge >= 0.3 is 0 Å². The first kappa shape index (κ1) is 10.6. The van der Waals surface area contributed by atoms with E-state index in [-0.39, 0.29) is 0 Å². The molecule has 2 unspecified atom stereocenters. The van der Waals surface area contributed by atoms with Gasteiger partial charge in [0.15, 0.2) is 0 Å². The zero-order valence-electron chi connectivity index (χ0n) is 9.65. The highest BCUT2D eigenvalue weighted by atomic mass is 16.6. The molecule has 2 N–H and O–H groups in total. The third-order valence-electron chi connectivity index (χ3n) is 4.24. The Labute approximate surface area is 96.3 Å². The summed E-state index contributed by atoms with van der Waals surface area (Å²) >= 11 is 0. The molecule has 0 radical (unpaired) electrons. The summed E-state index contributed by atoms with van der Waals surface area (Å²) in [6.07, 6.45) is 5.87. The van der Waals surface area contributed by atoms with Gasteiger partial charge in [0.1, 0.15) is 5.76 Å². The SMILES string of the molecule is NOC1=CC2(CN3CCOCC3)CC2CC1. The topological polar surface area (TPSA) is 47.7 Å². The number of nitrogens with two attached hydrogens (primary N) is 1. The molecule has 4 heteroatoms. The fourth-order valence-corrected chi connectivity index (χ4v) is 3.18. The third kappa shape index (κ3) is 1.85. The minimum Gasteiger partial charge on any atom is -0.416 e. The highest BCUT2D eigenvalue weighted by Gasteiger charge is 2.54. The average molecular weight is 224 g/mol. The summed E-state index contributed by atoms with van der Waals surface area (Å²) in [5, 5.41) is 0. The van der Waals surface area contributed by atoms with E-state index in [1.165, 1.54) is 12.8 Å². The minimum absolute atomic E-state index is 0.379. The second-order valence-corrected chi connectivity index (χ2v) is 5.29. The molecule has 0 bridgehead atoms. The molecule has 1 saturated carbocycles. The van der Waals surface area contributed by atoms with Crippen molar-refractivity contribution in [2.45, 2.75) is 19.3 Å². The van der Waals surface area contributed by atoms with E-state index in [0.29, 0.717) is 5.41 Å². The van der Waals surface area contributed by atoms with Crippen molar-refractivity contribution in [3.8, 4) is 0 Å². The molecule has 16 heavy (non-hydrogen) atoms. The molecule has 0 amide bonds. The average Bonchev–Trinajstić information content (AvgIpc) is 3.03. The Bertz CT molecular complexity index is 299. The van der Waals surface area contributed by atoms with E-state index in [1.54, 1.807) is 0 Å². The molecule has 90 valence electrons. The second-order valence-electron chi connectivity index (χ2n) is 5.29. The van der Waals surface area contributed by atoms with Crippen molar-refractivity contribution in [1.29, 1.82) is 0 Å². The van der Waals surface area contributed by atoms with Gasteiger partial charge in [-0.05, 0) is 24.8 Å². The van der Waals surface area contributed by atoms with Crippen molar-refractivity contribution in [2.24, 2.45) is 17.2 Å². The maximum absolute atomic E-state index is 5.38. The van der Waals surface area contributed by atoms with Crippen LogP contribution in [0, 0.1) is 11.3 Å². The maximum Gasteiger partial charge on any atom is 0.120 e. The van der Waals surface area contributed by atoms with Crippen LogP contribution in [0.2, 0.25) is 0 Å². The predicted octanol–water partition coefficient (Wildman–Crippen LogP) is 0.893. The number of rotatable bonds is 3. The van der Waals surface area contributed by atoms with E-state index in [2.05, 4.69) is 11.0 Å². The van der Waals surface area contributed by atoms with E-state index in [0.717, 1.165) is 50.9 Å². The van der Waals surface area contributed by atoms with Gasteiger partial charge < -0.3 is 9.57 Å². The highest BCUT2D eigenvalue weighted by molar-refractivity contribution is 5.22. The van der Waals surface area contributed by atoms with Gasteiger partial charge in [-0.2, -0.15) is 5.90 Å². The van der Waals surface area contributed by atoms with Gasteiger partial charge in [-0.3, -0.25) is 4.90 Å². The van der Waals surface area contributed by atoms with Gasteiger partial charge in [0.05, 0.1) is 13.2 Å². The van der Waals surface area contributed by atoms with Gasteiger partial charge in [-0.1, -0.05) is 0 Å². The molecule has 1 aliphatic heterocycles. The predicted molar refractivity (Wildman–Crippen MR) is 60.4 cm³/mol. The van der Waals surface area contributed by atoms with E-state index in [9.17, 15) is 0 Å². The molecule has 1 heterocycles. The quantitative estimate of drug-likeness (QED) is 0.723. The summed E-state index contributed by atoms with van der Waals surface area (Å²) in [6, 6.07) is 0. The summed E-state index contributed by atoms with van der Waals surface area (Å²) in [7, 11) is 0. The van der Waals surface area contributed by atoms with Crippen molar-refractivity contribution in [3.05, 3.63) is 11.8 Å². The molecule has 0 aromatic heterocycles. The first-order valence-corrected chi connectivity index (χ1v) is 6.21. The Morgan fingerprint density at radius 2 is 2.31 bits per heavy atom. The van der Waals surface area contributed by atoms with Gasteiger partial charge in [0, 0.05) is 31.5 Å². The molecule has 0 aromatic carbocycles. The van der Waals surface area contributed by atoms with Crippen molar-refractivity contribution < 1.29 is 9.57 Å². The Kier molecular flexibility index (Phi) is 2.65. The lowest BCUT2D eigenvalue weighted by atomic mass is 9.93. The standard InChI is InChI=1S/C12H20N2O2/c13-16-11-2-1-10-7-12(10,8-11)9-14-3-5-15-6-4-14/h8,10H,1-7,9,13H2. The first-order valence-electron chi connectivity index (χ1n) is 6.21. The Morgan fingerprint density at radius 3 is 3.06 bits per heavy atom. The largest absolute Gasteiger partial charge is 0.416 e. The number of ether oxygens (including phenoxy) is 1. The summed E-state index contributed by atoms with van der Waals surface area (Å²) in [5.74, 6) is 7.13. The molecular formula is C12H20N2O2. The van der Waals surface area contributed by atoms with Crippen molar-refractivity contribution in [3.63, 3.8) is 0 Å². The number of hydrogen-bond donors (Lipinski definition) is 1. The molecule has 3 rings (SSSR count). The van der Waals surface area contributed by atoms with Crippen LogP contribution in [0.25, 0.3) is 0 Å². The molecule has 2 atom stereocenters. The van der Waals surface area contributed by atoms with Gasteiger partial charge in [-0.15, -0.1) is 0 Å². The lowest BCUT2D eigenvalue weighted by Gasteiger charge is -2.31. The Hall–Kier alpha value is -0.580. The van der Waals surface area contributed by atoms with Crippen LogP contribution in [-0.4, -0.2) is 37.7 Å². The zero-order chi connectivity index (χ0) is 11.0. The van der Waals surface area contributed by atoms with Crippen LogP contribution < -0.4 is 5.90 Å². The molecule has 2 aliphatic carbocycles. The van der Waals surface area contributed by atoms with Crippen LogP contribution in [-0.2, 0) is 9.57 Å². The lowest BCUT2D eigenvalue weighted by molar-refractivity contribution is 0.0296. The van der Waals surface area contributed by atoms with E-state index in [4.69, 9.17) is 15.5 Å². The summed E-state index contributed by atoms with van der Waals surface area (Å²) < 4.78 is 5.38. The first-order chi connectivity index (χ1) is 7.82. The van der Waals surface area contributed by atoms with Crippen LogP contribution in [0.3, 0.4) is 0 Å². The van der Waals surface area contributed by atoms with Crippen molar-refractivity contribution in [1.82, 2.24) is 4.90 Å². The summed E-state index contributed by atoms with van der Waals surface area (Å²) in [5.41, 5.74) is 0.379. The minimum atomic E-state index is 0.379. The number of fused-ring (bicyclic) bond motifs is 1. The maximum atomic E-state index is 5.38. The molecule has 2 fully saturated rings. The van der Waals surface area contributed by atoms with Crippen LogP contribution >= 0.6 is 0 Å². The molecular weight excluding hydrogens is 204 g/mol. The van der Waals surface area contributed by atoms with Crippen molar-refractivity contribution in [2.75, 3.05) is 32.8 Å². The van der Waals surface area contributed by atoms with Gasteiger partial charge in [0.2, 0.25) is 0 Å². The number of hydrogen-bond acceptors (Lipinski definition) is 4. The normalized spacial score (nSPS) is 38.8. The van der Waals surface area contributed by atoms with Crippen LogP contribution in [0.4, 0.5) is 0 Å².